The summed E-state index contributed by atoms with van der Waals surface area (Å²) in [7, 11) is 1.29. The van der Waals surface area contributed by atoms with Gasteiger partial charge in [-0.25, -0.2) is 24.1 Å². The van der Waals surface area contributed by atoms with Crippen LogP contribution in [0.3, 0.4) is 0 Å². The number of aromatic nitrogens is 3. The number of aliphatic carboxylic acids is 1. The van der Waals surface area contributed by atoms with Gasteiger partial charge in [-0.1, -0.05) is 11.3 Å². The molecule has 1 amide bonds. The predicted molar refractivity (Wildman–Crippen MR) is 151 cm³/mol. The third kappa shape index (κ3) is 6.72. The van der Waals surface area contributed by atoms with Crippen LogP contribution in [0.4, 0.5) is 28.5 Å². The second kappa shape index (κ2) is 12.0. The number of rotatable bonds is 8. The molecule has 2 aliphatic heterocycles. The average Bonchev–Trinajstić information content (AvgIpc) is 3.58. The molecule has 15 heteroatoms. The molecule has 0 bridgehead atoms. The first-order valence-electron chi connectivity index (χ1n) is 13.7. The number of carboxylic acid groups (broad SMARTS) is 1. The lowest BCUT2D eigenvalue weighted by atomic mass is 9.93. The fourth-order valence-electron chi connectivity index (χ4n) is 5.23. The maximum absolute atomic E-state index is 14.4. The number of ether oxygens (including phenoxy) is 1. The number of nitrogens with one attached hydrogen (secondary N) is 1. The summed E-state index contributed by atoms with van der Waals surface area (Å²) in [6.45, 7) is 3.64. The highest BCUT2D eigenvalue weighted by Crippen LogP contribution is 2.39. The van der Waals surface area contributed by atoms with Crippen molar-refractivity contribution in [3.8, 4) is 17.0 Å². The van der Waals surface area contributed by atoms with E-state index in [-0.39, 0.29) is 48.1 Å². The Balaban J connectivity index is 1.37. The Labute approximate surface area is 248 Å². The Kier molecular flexibility index (Phi) is 8.56. The third-order valence-corrected chi connectivity index (χ3v) is 8.79. The number of likely N-dealkylation sites (tertiary alicyclic amines) is 1. The van der Waals surface area contributed by atoms with Crippen molar-refractivity contribution in [2.45, 2.75) is 57.0 Å². The standard InChI is InChI=1S/C28H30F4N6O4S/c1-16-4-3-7-38(16)15-21-23(17-10-18(28(30,31)32)12-19(11-17)42-2)35-26(43-21)36-24(39)20-13-34-22(14-33-20)37-8-5-27(29,6-9-37)25(40)41/h10-14,16H,3-9,15H2,1-2H3,(H,40,41)(H,35,36,39)/t16-/m1/s1. The number of methoxy groups -OCH3 is 1. The predicted octanol–water partition coefficient (Wildman–Crippen LogP) is 5.26. The van der Waals surface area contributed by atoms with Gasteiger partial charge in [0.05, 0.1) is 30.8 Å². The topological polar surface area (TPSA) is 121 Å². The number of benzene rings is 1. The van der Waals surface area contributed by atoms with Crippen molar-refractivity contribution in [3.05, 3.63) is 46.7 Å². The summed E-state index contributed by atoms with van der Waals surface area (Å²) in [6.07, 6.45) is -0.373. The van der Waals surface area contributed by atoms with E-state index in [1.165, 1.54) is 36.9 Å². The molecule has 2 aliphatic rings. The van der Waals surface area contributed by atoms with Crippen LogP contribution in [0, 0.1) is 0 Å². The molecule has 3 aromatic rings. The highest BCUT2D eigenvalue weighted by atomic mass is 32.1. The number of nitrogens with zero attached hydrogens (tertiary/aromatic N) is 5. The Morgan fingerprint density at radius 3 is 2.49 bits per heavy atom. The average molecular weight is 623 g/mol. The molecule has 2 fully saturated rings. The van der Waals surface area contributed by atoms with E-state index in [1.54, 1.807) is 4.90 Å². The van der Waals surface area contributed by atoms with E-state index in [0.717, 1.165) is 31.5 Å². The molecule has 2 saturated heterocycles. The minimum Gasteiger partial charge on any atom is -0.497 e. The van der Waals surface area contributed by atoms with Gasteiger partial charge in [0.15, 0.2) is 5.13 Å². The molecule has 5 rings (SSSR count). The molecule has 0 spiro atoms. The largest absolute Gasteiger partial charge is 0.497 e. The van der Waals surface area contributed by atoms with E-state index in [0.29, 0.717) is 29.0 Å². The van der Waals surface area contributed by atoms with Gasteiger partial charge in [-0.3, -0.25) is 15.0 Å². The molecule has 2 aromatic heterocycles. The Morgan fingerprint density at radius 1 is 1.16 bits per heavy atom. The summed E-state index contributed by atoms with van der Waals surface area (Å²) in [5.41, 5.74) is -2.64. The van der Waals surface area contributed by atoms with Crippen molar-refractivity contribution in [1.29, 1.82) is 0 Å². The van der Waals surface area contributed by atoms with Crippen molar-refractivity contribution in [1.82, 2.24) is 19.9 Å². The quantitative estimate of drug-likeness (QED) is 0.324. The van der Waals surface area contributed by atoms with E-state index in [2.05, 4.69) is 32.1 Å². The van der Waals surface area contributed by atoms with E-state index in [1.807, 2.05) is 0 Å². The lowest BCUT2D eigenvalue weighted by molar-refractivity contribution is -0.152. The number of carbonyl (C=O) groups is 2. The number of thiazole rings is 1. The monoisotopic (exact) mass is 622 g/mol. The minimum absolute atomic E-state index is 0.0293. The number of amides is 1. The van der Waals surface area contributed by atoms with Crippen molar-refractivity contribution in [2.24, 2.45) is 0 Å². The number of piperidine rings is 1. The SMILES string of the molecule is COc1cc(-c2nc(NC(=O)c3cnc(N4CCC(F)(C(=O)O)CC4)cn3)sc2CN2CCC[C@H]2C)cc(C(F)(F)F)c1. The van der Waals surface area contributed by atoms with Gasteiger partial charge in [0.2, 0.25) is 5.67 Å². The maximum Gasteiger partial charge on any atom is 0.416 e. The third-order valence-electron chi connectivity index (χ3n) is 7.83. The van der Waals surface area contributed by atoms with Gasteiger partial charge in [-0.15, -0.1) is 0 Å². The van der Waals surface area contributed by atoms with E-state index in [4.69, 9.17) is 9.84 Å². The first-order chi connectivity index (χ1) is 20.4. The number of hydrogen-bond donors (Lipinski definition) is 2. The van der Waals surface area contributed by atoms with Gasteiger partial charge in [-0.2, -0.15) is 13.2 Å². The van der Waals surface area contributed by atoms with E-state index in [9.17, 15) is 27.2 Å². The zero-order valence-corrected chi connectivity index (χ0v) is 24.3. The van der Waals surface area contributed by atoms with Crippen molar-refractivity contribution >= 4 is 34.2 Å². The summed E-state index contributed by atoms with van der Waals surface area (Å²) < 4.78 is 60.5. The summed E-state index contributed by atoms with van der Waals surface area (Å²) >= 11 is 1.17. The van der Waals surface area contributed by atoms with Crippen LogP contribution in [0.1, 0.15) is 53.5 Å². The van der Waals surface area contributed by atoms with Gasteiger partial charge in [0.25, 0.3) is 5.91 Å². The van der Waals surface area contributed by atoms with Crippen molar-refractivity contribution < 1.29 is 37.0 Å². The number of hydrogen-bond acceptors (Lipinski definition) is 9. The van der Waals surface area contributed by atoms with Crippen LogP contribution >= 0.6 is 11.3 Å². The molecule has 0 saturated carbocycles. The Morgan fingerprint density at radius 2 is 1.91 bits per heavy atom. The van der Waals surface area contributed by atoms with Gasteiger partial charge >= 0.3 is 12.1 Å². The van der Waals surface area contributed by atoms with Gasteiger partial charge < -0.3 is 14.7 Å². The summed E-state index contributed by atoms with van der Waals surface area (Å²) in [5, 5.41) is 12.0. The Bertz CT molecular complexity index is 1490. The lowest BCUT2D eigenvalue weighted by Crippen LogP contribution is -2.46. The zero-order valence-electron chi connectivity index (χ0n) is 23.4. The molecule has 0 radical (unpaired) electrons. The number of anilines is 2. The lowest BCUT2D eigenvalue weighted by Gasteiger charge is -2.34. The van der Waals surface area contributed by atoms with Gasteiger partial charge in [0.1, 0.15) is 17.3 Å². The van der Waals surface area contributed by atoms with Crippen LogP contribution in [-0.4, -0.2) is 75.3 Å². The molecular formula is C28H30F4N6O4S. The number of carbonyl (C=O) groups excluding carboxylic acids is 1. The molecule has 1 atom stereocenters. The fraction of sp³-hybridized carbons (Fsp3) is 0.464. The summed E-state index contributed by atoms with van der Waals surface area (Å²) in [6, 6.07) is 3.73. The number of halogens is 4. The molecular weight excluding hydrogens is 592 g/mol. The fourth-order valence-corrected chi connectivity index (χ4v) is 6.24. The number of carboxylic acids is 1. The van der Waals surface area contributed by atoms with Crippen LogP contribution in [-0.2, 0) is 17.5 Å². The van der Waals surface area contributed by atoms with Crippen LogP contribution in [0.2, 0.25) is 0 Å². The molecule has 43 heavy (non-hydrogen) atoms. The van der Waals surface area contributed by atoms with Gasteiger partial charge in [0, 0.05) is 49.0 Å². The normalized spacial score (nSPS) is 18.9. The maximum atomic E-state index is 14.4. The summed E-state index contributed by atoms with van der Waals surface area (Å²) in [4.78, 5) is 41.7. The van der Waals surface area contributed by atoms with E-state index >= 15 is 0 Å². The van der Waals surface area contributed by atoms with Crippen LogP contribution in [0.15, 0.2) is 30.6 Å². The van der Waals surface area contributed by atoms with Gasteiger partial charge in [-0.05, 0) is 44.5 Å². The van der Waals surface area contributed by atoms with Crippen LogP contribution in [0.25, 0.3) is 11.3 Å². The second-order valence-corrected chi connectivity index (χ2v) is 11.8. The molecule has 0 aliphatic carbocycles. The molecule has 0 unspecified atom stereocenters. The smallest absolute Gasteiger partial charge is 0.416 e. The molecule has 230 valence electrons. The summed E-state index contributed by atoms with van der Waals surface area (Å²) in [5.74, 6) is -1.69. The highest BCUT2D eigenvalue weighted by molar-refractivity contribution is 7.16. The molecule has 4 heterocycles. The van der Waals surface area contributed by atoms with E-state index < -0.39 is 29.3 Å². The van der Waals surface area contributed by atoms with Crippen LogP contribution < -0.4 is 15.0 Å². The van der Waals surface area contributed by atoms with Crippen LogP contribution in [0.5, 0.6) is 5.75 Å². The molecule has 1 aromatic carbocycles. The first kappa shape index (κ1) is 30.6. The minimum atomic E-state index is -4.59. The second-order valence-electron chi connectivity index (χ2n) is 10.7. The van der Waals surface area contributed by atoms with Crippen molar-refractivity contribution in [3.63, 3.8) is 0 Å². The Hall–Kier alpha value is -3.85. The highest BCUT2D eigenvalue weighted by Gasteiger charge is 2.42. The van der Waals surface area contributed by atoms with Crippen molar-refractivity contribution in [2.75, 3.05) is 37.0 Å². The molecule has 10 nitrogen and oxygen atoms in total. The first-order valence-corrected chi connectivity index (χ1v) is 14.5. The number of alkyl halides is 4. The zero-order chi connectivity index (χ0) is 30.9. The molecule has 2 N–H and O–H groups in total.